The van der Waals surface area contributed by atoms with Crippen molar-refractivity contribution in [2.75, 3.05) is 0 Å². The number of carboxylic acid groups (broad SMARTS) is 1. The highest BCUT2D eigenvalue weighted by atomic mass is 16.4. The zero-order valence-electron chi connectivity index (χ0n) is 7.27. The molecule has 1 atom stereocenters. The van der Waals surface area contributed by atoms with Crippen molar-refractivity contribution in [2.45, 2.75) is 26.3 Å². The third-order valence-electron chi connectivity index (χ3n) is 1.04. The van der Waals surface area contributed by atoms with Gasteiger partial charge < -0.3 is 20.9 Å². The van der Waals surface area contributed by atoms with E-state index in [4.69, 9.17) is 20.9 Å². The van der Waals surface area contributed by atoms with Gasteiger partial charge in [-0.25, -0.2) is 0 Å². The summed E-state index contributed by atoms with van der Waals surface area (Å²) in [6.45, 7) is 3.89. The van der Waals surface area contributed by atoms with Gasteiger partial charge in [0, 0.05) is 0 Å². The van der Waals surface area contributed by atoms with E-state index < -0.39 is 12.0 Å². The van der Waals surface area contributed by atoms with Gasteiger partial charge in [-0.3, -0.25) is 4.79 Å². The molecule has 0 saturated carbocycles. The molecule has 71 valence electrons. The molecule has 0 aliphatic heterocycles. The van der Waals surface area contributed by atoms with Gasteiger partial charge in [-0.2, -0.15) is 0 Å². The van der Waals surface area contributed by atoms with Crippen LogP contribution in [0.1, 0.15) is 20.3 Å². The average Bonchev–Trinajstić information content (AvgIpc) is 1.87. The van der Waals surface area contributed by atoms with Crippen molar-refractivity contribution in [3.8, 4) is 0 Å². The molecule has 0 aliphatic rings. The molecule has 0 aromatic carbocycles. The predicted molar refractivity (Wildman–Crippen MR) is 45.3 cm³/mol. The summed E-state index contributed by atoms with van der Waals surface area (Å²) in [6, 6.07) is -0.690. The first kappa shape index (κ1) is 14.0. The molecule has 0 bridgehead atoms. The largest absolute Gasteiger partial charge is 0.482 e. The van der Waals surface area contributed by atoms with Crippen LogP contribution in [0.25, 0.3) is 0 Å². The molecular formula is C6H15BNO4. The van der Waals surface area contributed by atoms with Gasteiger partial charge in [-0.15, -0.1) is 0 Å². The first-order valence-corrected chi connectivity index (χ1v) is 3.54. The maximum Gasteiger partial charge on any atom is 0.482 e. The van der Waals surface area contributed by atoms with Crippen molar-refractivity contribution in [3.05, 3.63) is 0 Å². The Hall–Kier alpha value is -0.585. The molecule has 0 aromatic heterocycles. The number of rotatable bonds is 3. The fraction of sp³-hybridized carbons (Fsp3) is 0.833. The van der Waals surface area contributed by atoms with Crippen LogP contribution in [0.2, 0.25) is 0 Å². The highest BCUT2D eigenvalue weighted by Gasteiger charge is 2.11. The topological polar surface area (TPSA) is 104 Å². The minimum atomic E-state index is -0.913. The van der Waals surface area contributed by atoms with Crippen LogP contribution in [0.4, 0.5) is 0 Å². The minimum absolute atomic E-state index is 0. The van der Waals surface area contributed by atoms with E-state index in [9.17, 15) is 4.79 Å². The van der Waals surface area contributed by atoms with Crippen LogP contribution in [0, 0.1) is 5.92 Å². The second kappa shape index (κ2) is 8.51. The van der Waals surface area contributed by atoms with Crippen LogP contribution in [0.3, 0.4) is 0 Å². The van der Waals surface area contributed by atoms with Crippen LogP contribution in [0.15, 0.2) is 0 Å². The zero-order chi connectivity index (χ0) is 10.1. The number of nitrogens with two attached hydrogens (primary N) is 1. The summed E-state index contributed by atoms with van der Waals surface area (Å²) in [4.78, 5) is 10.1. The Kier molecular flexibility index (Phi) is 9.91. The summed E-state index contributed by atoms with van der Waals surface area (Å²) in [7, 11) is 0. The maximum absolute atomic E-state index is 10.1. The highest BCUT2D eigenvalue weighted by Crippen LogP contribution is 2.01. The van der Waals surface area contributed by atoms with Gasteiger partial charge in [0.05, 0.1) is 0 Å². The average molecular weight is 176 g/mol. The van der Waals surface area contributed by atoms with Gasteiger partial charge in [0.15, 0.2) is 0 Å². The van der Waals surface area contributed by atoms with Crippen LogP contribution >= 0.6 is 0 Å². The zero-order valence-corrected chi connectivity index (χ0v) is 7.27. The molecule has 0 unspecified atom stereocenters. The first-order valence-electron chi connectivity index (χ1n) is 3.54. The van der Waals surface area contributed by atoms with E-state index in [-0.39, 0.29) is 7.69 Å². The second-order valence-corrected chi connectivity index (χ2v) is 2.69. The van der Waals surface area contributed by atoms with Gasteiger partial charge in [0.1, 0.15) is 6.04 Å². The Labute approximate surface area is 72.5 Å². The highest BCUT2D eigenvalue weighted by molar-refractivity contribution is 6.13. The van der Waals surface area contributed by atoms with Crippen molar-refractivity contribution in [1.29, 1.82) is 0 Å². The van der Waals surface area contributed by atoms with Gasteiger partial charge in [0.25, 0.3) is 0 Å². The lowest BCUT2D eigenvalue weighted by atomic mass is 10.1. The summed E-state index contributed by atoms with van der Waals surface area (Å²) in [6.07, 6.45) is 0.551. The third-order valence-corrected chi connectivity index (χ3v) is 1.04. The predicted octanol–water partition coefficient (Wildman–Crippen LogP) is -1.05. The lowest BCUT2D eigenvalue weighted by Gasteiger charge is -2.07. The van der Waals surface area contributed by atoms with E-state index in [0.29, 0.717) is 12.3 Å². The van der Waals surface area contributed by atoms with E-state index >= 15 is 0 Å². The van der Waals surface area contributed by atoms with E-state index in [1.165, 1.54) is 0 Å². The van der Waals surface area contributed by atoms with E-state index in [2.05, 4.69) is 0 Å². The van der Waals surface area contributed by atoms with Crippen molar-refractivity contribution >= 4 is 13.7 Å². The Morgan fingerprint density at radius 2 is 1.83 bits per heavy atom. The van der Waals surface area contributed by atoms with E-state index in [1.807, 2.05) is 13.8 Å². The van der Waals surface area contributed by atoms with Crippen LogP contribution in [-0.2, 0) is 4.79 Å². The summed E-state index contributed by atoms with van der Waals surface area (Å²) in [5.74, 6) is -0.556. The van der Waals surface area contributed by atoms with E-state index in [1.54, 1.807) is 0 Å². The minimum Gasteiger partial charge on any atom is -0.480 e. The van der Waals surface area contributed by atoms with E-state index in [0.717, 1.165) is 0 Å². The van der Waals surface area contributed by atoms with Gasteiger partial charge in [-0.05, 0) is 12.3 Å². The lowest BCUT2D eigenvalue weighted by molar-refractivity contribution is -0.138. The van der Waals surface area contributed by atoms with Crippen molar-refractivity contribution in [1.82, 2.24) is 0 Å². The molecule has 0 aromatic rings. The fourth-order valence-corrected chi connectivity index (χ4v) is 0.609. The first-order chi connectivity index (χ1) is 5.45. The smallest absolute Gasteiger partial charge is 0.480 e. The Morgan fingerprint density at radius 3 is 1.92 bits per heavy atom. The Bertz CT molecular complexity index is 120. The normalized spacial score (nSPS) is 11.5. The quantitative estimate of drug-likeness (QED) is 0.410. The van der Waals surface area contributed by atoms with Gasteiger partial charge >= 0.3 is 13.7 Å². The maximum atomic E-state index is 10.1. The number of hydrogen-bond donors (Lipinski definition) is 4. The summed E-state index contributed by atoms with van der Waals surface area (Å²) in [5, 5.41) is 22.3. The number of carbonyl (C=O) groups is 1. The molecule has 0 aliphatic carbocycles. The third kappa shape index (κ3) is 12.1. The molecule has 0 spiro atoms. The second-order valence-electron chi connectivity index (χ2n) is 2.69. The summed E-state index contributed by atoms with van der Waals surface area (Å²) < 4.78 is 0. The molecule has 0 heterocycles. The molecular weight excluding hydrogens is 161 g/mol. The number of carboxylic acids is 1. The van der Waals surface area contributed by atoms with Gasteiger partial charge in [0.2, 0.25) is 0 Å². The van der Waals surface area contributed by atoms with Crippen LogP contribution in [-0.4, -0.2) is 34.9 Å². The van der Waals surface area contributed by atoms with Crippen molar-refractivity contribution < 1.29 is 19.9 Å². The molecule has 12 heavy (non-hydrogen) atoms. The molecule has 1 radical (unpaired) electrons. The summed E-state index contributed by atoms with van der Waals surface area (Å²) in [5.41, 5.74) is 5.22. The van der Waals surface area contributed by atoms with Crippen LogP contribution < -0.4 is 5.73 Å². The number of hydrogen-bond acceptors (Lipinski definition) is 4. The van der Waals surface area contributed by atoms with Crippen molar-refractivity contribution in [2.24, 2.45) is 11.7 Å². The fourth-order valence-electron chi connectivity index (χ4n) is 0.609. The standard InChI is InChI=1S/C6H13NO2.BH2O2/c1-4(2)3-5(7)6(8)9;2-1-3/h4-5H,3,7H2,1-2H3,(H,8,9);2-3H/t5-;/m0./s1. The Morgan fingerprint density at radius 1 is 1.50 bits per heavy atom. The van der Waals surface area contributed by atoms with Crippen molar-refractivity contribution in [3.63, 3.8) is 0 Å². The van der Waals surface area contributed by atoms with Gasteiger partial charge in [-0.1, -0.05) is 13.8 Å². The summed E-state index contributed by atoms with van der Waals surface area (Å²) >= 11 is 0. The molecule has 0 amide bonds. The number of aliphatic carboxylic acids is 1. The SMILES string of the molecule is CC(C)C[C@H](N)C(=O)O.O[B]O. The van der Waals surface area contributed by atoms with Crippen LogP contribution in [0.5, 0.6) is 0 Å². The Balaban J connectivity index is 0. The molecule has 0 fully saturated rings. The molecule has 0 rings (SSSR count). The molecule has 6 heteroatoms. The molecule has 5 N–H and O–H groups in total. The monoisotopic (exact) mass is 176 g/mol. The molecule has 5 nitrogen and oxygen atoms in total. The lowest BCUT2D eigenvalue weighted by Crippen LogP contribution is -2.31. The molecule has 0 saturated heterocycles.